The Balaban J connectivity index is 1.35. The molecule has 0 aliphatic heterocycles. The Labute approximate surface area is 186 Å². The molecule has 3 aromatic heterocycles. The van der Waals surface area contributed by atoms with Gasteiger partial charge >= 0.3 is 0 Å². The minimum absolute atomic E-state index is 0.208. The number of carbonyl (C=O) groups is 1. The van der Waals surface area contributed by atoms with Gasteiger partial charge in [-0.05, 0) is 24.3 Å². The number of imidazole rings is 1. The number of aromatic nitrogens is 3. The van der Waals surface area contributed by atoms with Crippen LogP contribution in [0.1, 0.15) is 10.4 Å². The number of nitrogens with one attached hydrogen (secondary N) is 1. The molecule has 0 radical (unpaired) electrons. The van der Waals surface area contributed by atoms with Crippen LogP contribution in [-0.4, -0.2) is 20.4 Å². The van der Waals surface area contributed by atoms with Crippen LogP contribution in [0.3, 0.4) is 0 Å². The highest BCUT2D eigenvalue weighted by Gasteiger charge is 2.16. The van der Waals surface area contributed by atoms with E-state index in [0.717, 1.165) is 27.2 Å². The Bertz CT molecular complexity index is 1550. The number of carbonyl (C=O) groups excluding carboxylic acids is 1. The molecule has 0 aliphatic carbocycles. The summed E-state index contributed by atoms with van der Waals surface area (Å²) < 4.78 is 7.54. The first-order valence-electron chi connectivity index (χ1n) is 10.0. The Hall–Kier alpha value is -4.23. The van der Waals surface area contributed by atoms with Crippen LogP contribution in [0.15, 0.2) is 95.1 Å². The smallest absolute Gasteiger partial charge is 0.255 e. The molecule has 6 aromatic rings. The highest BCUT2D eigenvalue weighted by Crippen LogP contribution is 2.31. The number of thiazole rings is 1. The third-order valence-corrected chi connectivity index (χ3v) is 6.09. The van der Waals surface area contributed by atoms with Gasteiger partial charge < -0.3 is 9.84 Å². The van der Waals surface area contributed by atoms with Crippen molar-refractivity contribution < 1.29 is 9.32 Å². The minimum Gasteiger partial charge on any atom is -0.355 e. The summed E-state index contributed by atoms with van der Waals surface area (Å²) in [6.07, 6.45) is 3.93. The zero-order valence-electron chi connectivity index (χ0n) is 16.7. The van der Waals surface area contributed by atoms with Crippen LogP contribution >= 0.6 is 11.3 Å². The lowest BCUT2D eigenvalue weighted by molar-refractivity contribution is 0.102. The molecule has 6 rings (SSSR count). The largest absolute Gasteiger partial charge is 0.355 e. The van der Waals surface area contributed by atoms with Crippen molar-refractivity contribution in [3.8, 4) is 22.6 Å². The van der Waals surface area contributed by atoms with Crippen LogP contribution in [-0.2, 0) is 0 Å². The number of amides is 1. The lowest BCUT2D eigenvalue weighted by Crippen LogP contribution is -2.12. The predicted molar refractivity (Wildman–Crippen MR) is 126 cm³/mol. The van der Waals surface area contributed by atoms with Crippen LogP contribution < -0.4 is 5.32 Å². The second kappa shape index (κ2) is 7.47. The molecule has 0 atom stereocenters. The van der Waals surface area contributed by atoms with Crippen LogP contribution in [0, 0.1) is 0 Å². The highest BCUT2D eigenvalue weighted by molar-refractivity contribution is 7.15. The van der Waals surface area contributed by atoms with Crippen LogP contribution in [0.25, 0.3) is 38.4 Å². The third-order valence-electron chi connectivity index (χ3n) is 5.32. The van der Waals surface area contributed by atoms with E-state index in [0.29, 0.717) is 22.5 Å². The molecule has 7 heteroatoms. The number of fused-ring (bicyclic) bond motifs is 2. The van der Waals surface area contributed by atoms with Crippen LogP contribution in [0.4, 0.5) is 5.69 Å². The summed E-state index contributed by atoms with van der Waals surface area (Å²) in [6, 6.07) is 22.8. The Morgan fingerprint density at radius 1 is 1.00 bits per heavy atom. The summed E-state index contributed by atoms with van der Waals surface area (Å²) in [5.41, 5.74) is 4.54. The summed E-state index contributed by atoms with van der Waals surface area (Å²) in [6.45, 7) is 0. The zero-order valence-corrected chi connectivity index (χ0v) is 17.5. The predicted octanol–water partition coefficient (Wildman–Crippen LogP) is 6.12. The standard InChI is InChI=1S/C25H16N4O2S/c30-24(17-10-11-21-19(14-17)23(31-28-21)16-6-2-1-3-7-16)26-20-9-5-4-8-18(20)22-15-29-12-13-32-25(29)27-22/h1-15H,(H,26,30). The summed E-state index contributed by atoms with van der Waals surface area (Å²) >= 11 is 1.57. The molecule has 154 valence electrons. The molecule has 3 aromatic carbocycles. The van der Waals surface area contributed by atoms with Gasteiger partial charge in [0.25, 0.3) is 5.91 Å². The number of para-hydroxylation sites is 1. The number of rotatable bonds is 4. The normalized spacial score (nSPS) is 11.2. The quantitative estimate of drug-likeness (QED) is 0.361. The van der Waals surface area contributed by atoms with Crippen molar-refractivity contribution in [1.82, 2.24) is 14.5 Å². The van der Waals surface area contributed by atoms with Crippen molar-refractivity contribution in [2.24, 2.45) is 0 Å². The average molecular weight is 436 g/mol. The molecule has 0 saturated heterocycles. The second-order valence-corrected chi connectivity index (χ2v) is 8.20. The van der Waals surface area contributed by atoms with E-state index in [-0.39, 0.29) is 5.91 Å². The van der Waals surface area contributed by atoms with Gasteiger partial charge in [0.1, 0.15) is 5.52 Å². The van der Waals surface area contributed by atoms with E-state index >= 15 is 0 Å². The lowest BCUT2D eigenvalue weighted by atomic mass is 10.1. The fourth-order valence-corrected chi connectivity index (χ4v) is 4.45. The van der Waals surface area contributed by atoms with E-state index in [1.807, 2.05) is 82.8 Å². The van der Waals surface area contributed by atoms with E-state index in [2.05, 4.69) is 15.5 Å². The molecule has 32 heavy (non-hydrogen) atoms. The SMILES string of the molecule is O=C(Nc1ccccc1-c1cn2ccsc2n1)c1ccc2noc(-c3ccccc3)c2c1. The van der Waals surface area contributed by atoms with Crippen molar-refractivity contribution in [2.45, 2.75) is 0 Å². The van der Waals surface area contributed by atoms with Gasteiger partial charge in [-0.1, -0.05) is 53.7 Å². The molecule has 6 nitrogen and oxygen atoms in total. The second-order valence-electron chi connectivity index (χ2n) is 7.33. The summed E-state index contributed by atoms with van der Waals surface area (Å²) in [5, 5.41) is 9.96. The van der Waals surface area contributed by atoms with E-state index < -0.39 is 0 Å². The van der Waals surface area contributed by atoms with E-state index in [4.69, 9.17) is 4.52 Å². The molecular weight excluding hydrogens is 420 g/mol. The molecule has 0 aliphatic rings. The zero-order chi connectivity index (χ0) is 21.5. The van der Waals surface area contributed by atoms with Crippen LogP contribution in [0.2, 0.25) is 0 Å². The van der Waals surface area contributed by atoms with Gasteiger partial charge in [0.2, 0.25) is 0 Å². The van der Waals surface area contributed by atoms with Gasteiger partial charge in [-0.2, -0.15) is 0 Å². The van der Waals surface area contributed by atoms with E-state index in [9.17, 15) is 4.79 Å². The molecule has 0 fully saturated rings. The number of benzene rings is 3. The Morgan fingerprint density at radius 3 is 2.72 bits per heavy atom. The molecule has 0 spiro atoms. The third kappa shape index (κ3) is 3.16. The fourth-order valence-electron chi connectivity index (χ4n) is 3.75. The molecule has 3 heterocycles. The Kier molecular flexibility index (Phi) is 4.33. The average Bonchev–Trinajstić information content (AvgIpc) is 3.54. The molecule has 1 amide bonds. The number of nitrogens with zero attached hydrogens (tertiary/aromatic N) is 3. The lowest BCUT2D eigenvalue weighted by Gasteiger charge is -2.09. The van der Waals surface area contributed by atoms with Crippen molar-refractivity contribution in [3.05, 3.63) is 96.1 Å². The maximum Gasteiger partial charge on any atom is 0.255 e. The minimum atomic E-state index is -0.208. The monoisotopic (exact) mass is 436 g/mol. The summed E-state index contributed by atoms with van der Waals surface area (Å²) in [7, 11) is 0. The number of hydrogen-bond donors (Lipinski definition) is 1. The van der Waals surface area contributed by atoms with Gasteiger partial charge in [0.05, 0.1) is 16.8 Å². The van der Waals surface area contributed by atoms with Crippen LogP contribution in [0.5, 0.6) is 0 Å². The van der Waals surface area contributed by atoms with Crippen molar-refractivity contribution in [3.63, 3.8) is 0 Å². The van der Waals surface area contributed by atoms with E-state index in [1.165, 1.54) is 0 Å². The maximum absolute atomic E-state index is 13.1. The Morgan fingerprint density at radius 2 is 1.84 bits per heavy atom. The maximum atomic E-state index is 13.1. The van der Waals surface area contributed by atoms with Gasteiger partial charge in [-0.25, -0.2) is 4.98 Å². The van der Waals surface area contributed by atoms with E-state index in [1.54, 1.807) is 23.5 Å². The molecule has 0 saturated carbocycles. The molecule has 0 unspecified atom stereocenters. The molecule has 1 N–H and O–H groups in total. The fraction of sp³-hybridized carbons (Fsp3) is 0. The van der Waals surface area contributed by atoms with Gasteiger partial charge in [0, 0.05) is 34.5 Å². The summed E-state index contributed by atoms with van der Waals surface area (Å²) in [4.78, 5) is 18.7. The van der Waals surface area contributed by atoms with Crippen molar-refractivity contribution >= 4 is 38.8 Å². The first-order valence-corrected chi connectivity index (χ1v) is 10.9. The molecular formula is C25H16N4O2S. The molecule has 0 bridgehead atoms. The van der Waals surface area contributed by atoms with Gasteiger partial charge in [-0.3, -0.25) is 9.20 Å². The van der Waals surface area contributed by atoms with Gasteiger partial charge in [0.15, 0.2) is 10.7 Å². The number of hydrogen-bond acceptors (Lipinski definition) is 5. The van der Waals surface area contributed by atoms with Crippen molar-refractivity contribution in [2.75, 3.05) is 5.32 Å². The first kappa shape index (κ1) is 18.5. The van der Waals surface area contributed by atoms with Crippen molar-refractivity contribution in [1.29, 1.82) is 0 Å². The summed E-state index contributed by atoms with van der Waals surface area (Å²) in [5.74, 6) is 0.439. The van der Waals surface area contributed by atoms with Gasteiger partial charge in [-0.15, -0.1) is 11.3 Å². The number of anilines is 1. The highest BCUT2D eigenvalue weighted by atomic mass is 32.1. The first-order chi connectivity index (χ1) is 15.8. The topological polar surface area (TPSA) is 72.4 Å².